The fourth-order valence-corrected chi connectivity index (χ4v) is 3.00. The summed E-state index contributed by atoms with van der Waals surface area (Å²) < 4.78 is 15.4. The molecule has 0 aromatic heterocycles. The highest BCUT2D eigenvalue weighted by Gasteiger charge is 2.50. The van der Waals surface area contributed by atoms with Crippen LogP contribution in [-0.2, 0) is 19.0 Å². The maximum absolute atomic E-state index is 11.7. The maximum atomic E-state index is 11.7. The molecule has 1 aliphatic carbocycles. The van der Waals surface area contributed by atoms with Gasteiger partial charge in [-0.25, -0.2) is 4.79 Å². The summed E-state index contributed by atoms with van der Waals surface area (Å²) in [5.41, 5.74) is 0.459. The van der Waals surface area contributed by atoms with Crippen LogP contribution in [0.15, 0.2) is 11.8 Å². The fourth-order valence-electron chi connectivity index (χ4n) is 2.88. The van der Waals surface area contributed by atoms with E-state index in [9.17, 15) is 9.90 Å². The van der Waals surface area contributed by atoms with E-state index in [0.717, 1.165) is 0 Å². The highest BCUT2D eigenvalue weighted by Crippen LogP contribution is 2.46. The molecule has 1 N–H and O–H groups in total. The van der Waals surface area contributed by atoms with Crippen LogP contribution in [0.1, 0.15) is 13.3 Å². The lowest BCUT2D eigenvalue weighted by molar-refractivity contribution is -0.159. The molecule has 6 heteroatoms. The molecule has 0 amide bonds. The van der Waals surface area contributed by atoms with Crippen molar-refractivity contribution in [3.8, 4) is 0 Å². The summed E-state index contributed by atoms with van der Waals surface area (Å²) in [6.45, 7) is 1.92. The summed E-state index contributed by atoms with van der Waals surface area (Å²) in [5, 5.41) is 9.96. The van der Waals surface area contributed by atoms with E-state index < -0.39 is 18.4 Å². The van der Waals surface area contributed by atoms with E-state index in [1.165, 1.54) is 13.4 Å². The average molecular weight is 277 g/mol. The van der Waals surface area contributed by atoms with Crippen molar-refractivity contribution in [3.63, 3.8) is 0 Å². The smallest absolute Gasteiger partial charge is 0.337 e. The highest BCUT2D eigenvalue weighted by atomic mass is 35.5. The van der Waals surface area contributed by atoms with E-state index in [4.69, 9.17) is 25.8 Å². The Kier molecular flexibility index (Phi) is 4.14. The summed E-state index contributed by atoms with van der Waals surface area (Å²) in [6.07, 6.45) is 0.886. The average Bonchev–Trinajstić information content (AvgIpc) is 2.66. The first-order valence-corrected chi connectivity index (χ1v) is 6.43. The Morgan fingerprint density at radius 2 is 2.39 bits per heavy atom. The number of methoxy groups -OCH3 is 1. The molecule has 0 aromatic carbocycles. The van der Waals surface area contributed by atoms with Gasteiger partial charge in [-0.2, -0.15) is 0 Å². The molecule has 0 unspecified atom stereocenters. The van der Waals surface area contributed by atoms with Gasteiger partial charge >= 0.3 is 5.97 Å². The molecule has 1 saturated carbocycles. The van der Waals surface area contributed by atoms with Crippen molar-refractivity contribution in [2.24, 2.45) is 17.8 Å². The number of aliphatic hydroxyl groups is 1. The molecule has 1 heterocycles. The summed E-state index contributed by atoms with van der Waals surface area (Å²) >= 11 is 5.56. The van der Waals surface area contributed by atoms with E-state index in [2.05, 4.69) is 0 Å². The van der Waals surface area contributed by atoms with Crippen molar-refractivity contribution < 1.29 is 24.1 Å². The fraction of sp³-hybridized carbons (Fsp3) is 0.750. The van der Waals surface area contributed by atoms with Crippen LogP contribution >= 0.6 is 11.6 Å². The molecule has 1 aliphatic heterocycles. The first kappa shape index (κ1) is 13.6. The number of carbonyl (C=O) groups excluding carboxylic acids is 1. The minimum Gasteiger partial charge on any atom is -0.472 e. The standard InChI is InChI=1S/C12H17ClO5/c1-6-9(14)3-7-8(11(15)16-2)4-17-12(10(6)7)18-5-13/h4,6-7,9-10,12,14H,3,5H2,1-2H3/t6-,7+,9-,10+,12-/m0/s1. The number of esters is 1. The lowest BCUT2D eigenvalue weighted by Crippen LogP contribution is -2.38. The molecule has 0 spiro atoms. The Morgan fingerprint density at radius 1 is 1.67 bits per heavy atom. The monoisotopic (exact) mass is 276 g/mol. The van der Waals surface area contributed by atoms with Gasteiger partial charge in [0.15, 0.2) is 0 Å². The molecule has 1 fully saturated rings. The molecule has 0 saturated heterocycles. The van der Waals surface area contributed by atoms with Crippen LogP contribution in [-0.4, -0.2) is 36.6 Å². The van der Waals surface area contributed by atoms with Crippen LogP contribution < -0.4 is 0 Å². The number of fused-ring (bicyclic) bond motifs is 1. The van der Waals surface area contributed by atoms with Crippen LogP contribution in [0.4, 0.5) is 0 Å². The van der Waals surface area contributed by atoms with Gasteiger partial charge in [0.25, 0.3) is 0 Å². The van der Waals surface area contributed by atoms with Crippen LogP contribution in [0.5, 0.6) is 0 Å². The maximum Gasteiger partial charge on any atom is 0.337 e. The van der Waals surface area contributed by atoms with Crippen molar-refractivity contribution in [1.82, 2.24) is 0 Å². The molecule has 5 atom stereocenters. The molecule has 0 aromatic rings. The van der Waals surface area contributed by atoms with Gasteiger partial charge in [-0.1, -0.05) is 18.5 Å². The minimum absolute atomic E-state index is 0.0120. The number of aliphatic hydroxyl groups excluding tert-OH is 1. The quantitative estimate of drug-likeness (QED) is 0.621. The van der Waals surface area contributed by atoms with E-state index >= 15 is 0 Å². The van der Waals surface area contributed by atoms with Gasteiger partial charge in [-0.3, -0.25) is 0 Å². The number of carbonyl (C=O) groups is 1. The second kappa shape index (κ2) is 5.47. The molecular weight excluding hydrogens is 260 g/mol. The molecule has 18 heavy (non-hydrogen) atoms. The second-order valence-corrected chi connectivity index (χ2v) is 4.91. The number of hydrogen-bond acceptors (Lipinski definition) is 5. The van der Waals surface area contributed by atoms with E-state index in [1.807, 2.05) is 6.92 Å². The number of ether oxygens (including phenoxy) is 3. The van der Waals surface area contributed by atoms with Crippen LogP contribution in [0.2, 0.25) is 0 Å². The van der Waals surface area contributed by atoms with Gasteiger partial charge in [0.2, 0.25) is 6.29 Å². The Hall–Kier alpha value is -0.780. The molecule has 102 valence electrons. The van der Waals surface area contributed by atoms with E-state index in [1.54, 1.807) is 0 Å². The SMILES string of the molecule is COC(=O)C1=CO[C@@H](OCCl)[C@@H]2[C@@H](C)[C@@H](O)C[C@H]12. The zero-order valence-electron chi connectivity index (χ0n) is 10.3. The topological polar surface area (TPSA) is 65.0 Å². The predicted octanol–water partition coefficient (Wildman–Crippen LogP) is 1.25. The largest absolute Gasteiger partial charge is 0.472 e. The molecule has 0 bridgehead atoms. The lowest BCUT2D eigenvalue weighted by atomic mass is 9.83. The zero-order chi connectivity index (χ0) is 13.3. The van der Waals surface area contributed by atoms with E-state index in [0.29, 0.717) is 12.0 Å². The van der Waals surface area contributed by atoms with Gasteiger partial charge < -0.3 is 19.3 Å². The lowest BCUT2D eigenvalue weighted by Gasteiger charge is -2.34. The summed E-state index contributed by atoms with van der Waals surface area (Å²) in [5.74, 6) is -0.630. The molecule has 2 aliphatic rings. The second-order valence-electron chi connectivity index (χ2n) is 4.69. The molecule has 5 nitrogen and oxygen atoms in total. The zero-order valence-corrected chi connectivity index (χ0v) is 11.1. The minimum atomic E-state index is -0.520. The van der Waals surface area contributed by atoms with Crippen LogP contribution in [0.25, 0.3) is 0 Å². The molecule has 0 radical (unpaired) electrons. The predicted molar refractivity (Wildman–Crippen MR) is 63.5 cm³/mol. The van der Waals surface area contributed by atoms with Gasteiger partial charge in [0, 0.05) is 11.8 Å². The van der Waals surface area contributed by atoms with Crippen molar-refractivity contribution in [1.29, 1.82) is 0 Å². The summed E-state index contributed by atoms with van der Waals surface area (Å²) in [4.78, 5) is 11.7. The Labute approximate surface area is 111 Å². The summed E-state index contributed by atoms with van der Waals surface area (Å²) in [7, 11) is 1.33. The molecular formula is C12H17ClO5. The summed E-state index contributed by atoms with van der Waals surface area (Å²) in [6, 6.07) is 0.0120. The number of rotatable bonds is 3. The first-order valence-electron chi connectivity index (χ1n) is 5.89. The Balaban J connectivity index is 2.26. The number of alkyl halides is 1. The van der Waals surface area contributed by atoms with Crippen LogP contribution in [0, 0.1) is 17.8 Å². The first-order chi connectivity index (χ1) is 8.60. The Bertz CT molecular complexity index is 356. The third-order valence-corrected chi connectivity index (χ3v) is 3.99. The normalized spacial score (nSPS) is 38.7. The van der Waals surface area contributed by atoms with Crippen molar-refractivity contribution in [3.05, 3.63) is 11.8 Å². The van der Waals surface area contributed by atoms with Crippen molar-refractivity contribution in [2.45, 2.75) is 25.7 Å². The van der Waals surface area contributed by atoms with Gasteiger partial charge in [0.05, 0.1) is 25.0 Å². The Morgan fingerprint density at radius 3 is 3.00 bits per heavy atom. The van der Waals surface area contributed by atoms with Crippen LogP contribution in [0.3, 0.4) is 0 Å². The van der Waals surface area contributed by atoms with Gasteiger partial charge in [0.1, 0.15) is 6.07 Å². The highest BCUT2D eigenvalue weighted by molar-refractivity contribution is 6.17. The van der Waals surface area contributed by atoms with Crippen molar-refractivity contribution >= 4 is 17.6 Å². The third kappa shape index (κ3) is 2.22. The van der Waals surface area contributed by atoms with Crippen molar-refractivity contribution in [2.75, 3.05) is 13.2 Å². The third-order valence-electron chi connectivity index (χ3n) is 3.87. The molecule has 2 rings (SSSR count). The number of hydrogen-bond donors (Lipinski definition) is 1. The van der Waals surface area contributed by atoms with Gasteiger partial charge in [-0.05, 0) is 12.3 Å². The number of halogens is 1. The van der Waals surface area contributed by atoms with Gasteiger partial charge in [-0.15, -0.1) is 0 Å². The van der Waals surface area contributed by atoms with E-state index in [-0.39, 0.29) is 23.8 Å².